The van der Waals surface area contributed by atoms with Crippen LogP contribution in [0.3, 0.4) is 0 Å². The lowest BCUT2D eigenvalue weighted by molar-refractivity contribution is -0.131. The smallest absolute Gasteiger partial charge is 0.276 e. The topological polar surface area (TPSA) is 80.1 Å². The lowest BCUT2D eigenvalue weighted by Crippen LogP contribution is -2.31. The first-order valence-corrected chi connectivity index (χ1v) is 11.7. The summed E-state index contributed by atoms with van der Waals surface area (Å²) < 4.78 is 1.65. The van der Waals surface area contributed by atoms with Gasteiger partial charge in [0.1, 0.15) is 11.5 Å². The molecule has 172 valence electrons. The van der Waals surface area contributed by atoms with E-state index in [0.29, 0.717) is 18.9 Å². The second-order valence-electron chi connectivity index (χ2n) is 8.75. The van der Waals surface area contributed by atoms with Crippen molar-refractivity contribution in [2.24, 2.45) is 5.92 Å². The van der Waals surface area contributed by atoms with Crippen LogP contribution in [0.15, 0.2) is 48.8 Å². The second kappa shape index (κ2) is 9.32. The molecule has 1 saturated carbocycles. The third-order valence-electron chi connectivity index (χ3n) is 6.15. The van der Waals surface area contributed by atoms with Crippen molar-refractivity contribution in [3.8, 4) is 11.8 Å². The summed E-state index contributed by atoms with van der Waals surface area (Å²) in [6.07, 6.45) is 5.80. The highest BCUT2D eigenvalue weighted by atomic mass is 35.5. The van der Waals surface area contributed by atoms with Crippen LogP contribution in [0, 0.1) is 24.7 Å². The third-order valence-corrected chi connectivity index (χ3v) is 6.43. The highest BCUT2D eigenvalue weighted by molar-refractivity contribution is 6.34. The molecule has 2 aromatic heterocycles. The fraction of sp³-hybridized carbons (Fsp3) is 0.308. The number of carbonyl (C=O) groups excluding carboxylic acids is 2. The molecule has 2 aliphatic rings. The molecular formula is C26H24ClN5O2. The summed E-state index contributed by atoms with van der Waals surface area (Å²) in [4.78, 5) is 31.8. The molecular weight excluding hydrogens is 450 g/mol. The van der Waals surface area contributed by atoms with Gasteiger partial charge in [-0.3, -0.25) is 14.3 Å². The van der Waals surface area contributed by atoms with E-state index >= 15 is 0 Å². The fourth-order valence-electron chi connectivity index (χ4n) is 4.17. The summed E-state index contributed by atoms with van der Waals surface area (Å²) in [5.74, 6) is 6.65. The van der Waals surface area contributed by atoms with Crippen LogP contribution in [0.25, 0.3) is 0 Å². The van der Waals surface area contributed by atoms with Crippen LogP contribution in [0.5, 0.6) is 0 Å². The highest BCUT2D eigenvalue weighted by Gasteiger charge is 2.38. The Balaban J connectivity index is 1.30. The number of carbonyl (C=O) groups is 2. The summed E-state index contributed by atoms with van der Waals surface area (Å²) in [5.41, 5.74) is 2.75. The molecule has 2 amide bonds. The van der Waals surface area contributed by atoms with Gasteiger partial charge >= 0.3 is 0 Å². The summed E-state index contributed by atoms with van der Waals surface area (Å²) >= 11 is 6.34. The van der Waals surface area contributed by atoms with Crippen LogP contribution in [0.4, 0.5) is 5.82 Å². The number of hydrogen-bond donors (Lipinski definition) is 1. The quantitative estimate of drug-likeness (QED) is 0.579. The van der Waals surface area contributed by atoms with Gasteiger partial charge in [0.05, 0.1) is 17.3 Å². The van der Waals surface area contributed by atoms with Crippen LogP contribution >= 0.6 is 11.6 Å². The first-order valence-electron chi connectivity index (χ1n) is 11.4. The van der Waals surface area contributed by atoms with Crippen molar-refractivity contribution in [3.05, 3.63) is 76.2 Å². The Morgan fingerprint density at radius 2 is 1.85 bits per heavy atom. The van der Waals surface area contributed by atoms with Crippen LogP contribution in [-0.4, -0.2) is 44.6 Å². The number of pyridine rings is 1. The molecule has 0 bridgehead atoms. The molecule has 0 spiro atoms. The Hall–Kier alpha value is -3.63. The first kappa shape index (κ1) is 22.2. The minimum atomic E-state index is -0.381. The van der Waals surface area contributed by atoms with Crippen molar-refractivity contribution in [3.63, 3.8) is 0 Å². The minimum Gasteiger partial charge on any atom is -0.340 e. The predicted octanol–water partition coefficient (Wildman–Crippen LogP) is 4.08. The standard InChI is InChI=1S/C26H24ClN5O2/c1-17-13-19(8-7-18-5-3-2-4-6-18)14-28-24(17)30-25(33)23-22(27)15-29-32(23)21-11-12-31(16-21)26(34)20-9-10-20/h2-6,13-15,20-21H,9-12,16H2,1H3,(H,28,30,33). The summed E-state index contributed by atoms with van der Waals surface area (Å²) in [7, 11) is 0. The molecule has 1 atom stereocenters. The molecule has 1 unspecified atom stereocenters. The minimum absolute atomic E-state index is 0.0827. The van der Waals surface area contributed by atoms with Gasteiger partial charge in [0.25, 0.3) is 5.91 Å². The number of amides is 2. The number of anilines is 1. The van der Waals surface area contributed by atoms with E-state index in [1.54, 1.807) is 10.9 Å². The van der Waals surface area contributed by atoms with Crippen molar-refractivity contribution in [2.75, 3.05) is 18.4 Å². The molecule has 3 heterocycles. The SMILES string of the molecule is Cc1cc(C#Cc2ccccc2)cnc1NC(=O)c1c(Cl)cnn1C1CCN(C(=O)C2CC2)C1. The number of aromatic nitrogens is 3. The molecule has 1 aliphatic carbocycles. The van der Waals surface area contributed by atoms with Crippen LogP contribution in [0.2, 0.25) is 5.02 Å². The molecule has 3 aromatic rings. The highest BCUT2D eigenvalue weighted by Crippen LogP contribution is 2.34. The van der Waals surface area contributed by atoms with Gasteiger partial charge in [-0.2, -0.15) is 5.10 Å². The van der Waals surface area contributed by atoms with Crippen molar-refractivity contribution in [1.82, 2.24) is 19.7 Å². The van der Waals surface area contributed by atoms with Crippen molar-refractivity contribution >= 4 is 29.2 Å². The Bertz CT molecular complexity index is 1300. The first-order chi connectivity index (χ1) is 16.5. The molecule has 0 radical (unpaired) electrons. The van der Waals surface area contributed by atoms with Crippen molar-refractivity contribution in [1.29, 1.82) is 0 Å². The zero-order chi connectivity index (χ0) is 23.7. The number of benzene rings is 1. The fourth-order valence-corrected chi connectivity index (χ4v) is 4.38. The molecule has 1 aliphatic heterocycles. The largest absolute Gasteiger partial charge is 0.340 e. The number of aryl methyl sites for hydroxylation is 1. The van der Waals surface area contributed by atoms with Crippen LogP contribution in [0.1, 0.15) is 52.5 Å². The Labute approximate surface area is 203 Å². The number of nitrogens with zero attached hydrogens (tertiary/aromatic N) is 4. The van der Waals surface area contributed by atoms with Gasteiger partial charge in [-0.05, 0) is 49.9 Å². The number of hydrogen-bond acceptors (Lipinski definition) is 4. The van der Waals surface area contributed by atoms with Gasteiger partial charge in [0.15, 0.2) is 0 Å². The molecule has 7 nitrogen and oxygen atoms in total. The average molecular weight is 474 g/mol. The van der Waals surface area contributed by atoms with Crippen LogP contribution in [-0.2, 0) is 4.79 Å². The van der Waals surface area contributed by atoms with E-state index in [0.717, 1.165) is 36.0 Å². The van der Waals surface area contributed by atoms with E-state index in [2.05, 4.69) is 27.2 Å². The summed E-state index contributed by atoms with van der Waals surface area (Å²) in [5, 5.41) is 7.48. The summed E-state index contributed by atoms with van der Waals surface area (Å²) in [6, 6.07) is 11.5. The lowest BCUT2D eigenvalue weighted by Gasteiger charge is -2.18. The van der Waals surface area contributed by atoms with Gasteiger partial charge in [-0.1, -0.05) is 41.6 Å². The van der Waals surface area contributed by atoms with Gasteiger partial charge in [0, 0.05) is 36.3 Å². The Kier molecular flexibility index (Phi) is 6.08. The zero-order valence-corrected chi connectivity index (χ0v) is 19.5. The van der Waals surface area contributed by atoms with E-state index in [1.165, 1.54) is 6.20 Å². The van der Waals surface area contributed by atoms with Crippen LogP contribution < -0.4 is 5.32 Å². The molecule has 5 rings (SSSR count). The zero-order valence-electron chi connectivity index (χ0n) is 18.8. The van der Waals surface area contributed by atoms with Gasteiger partial charge in [-0.15, -0.1) is 0 Å². The van der Waals surface area contributed by atoms with Crippen molar-refractivity contribution in [2.45, 2.75) is 32.2 Å². The predicted molar refractivity (Wildman–Crippen MR) is 130 cm³/mol. The van der Waals surface area contributed by atoms with Gasteiger partial charge in [0.2, 0.25) is 5.91 Å². The van der Waals surface area contributed by atoms with E-state index in [4.69, 9.17) is 11.6 Å². The molecule has 1 aromatic carbocycles. The molecule has 34 heavy (non-hydrogen) atoms. The Morgan fingerprint density at radius 3 is 2.59 bits per heavy atom. The van der Waals surface area contributed by atoms with Crippen molar-refractivity contribution < 1.29 is 9.59 Å². The molecule has 1 N–H and O–H groups in total. The maximum absolute atomic E-state index is 13.2. The second-order valence-corrected chi connectivity index (χ2v) is 9.15. The lowest BCUT2D eigenvalue weighted by atomic mass is 10.1. The van der Waals surface area contributed by atoms with Gasteiger partial charge in [-0.25, -0.2) is 4.98 Å². The average Bonchev–Trinajstić information content (AvgIpc) is 3.45. The van der Waals surface area contributed by atoms with E-state index < -0.39 is 0 Å². The maximum Gasteiger partial charge on any atom is 0.276 e. The molecule has 8 heteroatoms. The third kappa shape index (κ3) is 4.68. The number of likely N-dealkylation sites (tertiary alicyclic amines) is 1. The van der Waals surface area contributed by atoms with E-state index in [1.807, 2.05) is 48.2 Å². The van der Waals surface area contributed by atoms with E-state index in [9.17, 15) is 9.59 Å². The number of halogens is 1. The maximum atomic E-state index is 13.2. The number of nitrogens with one attached hydrogen (secondary N) is 1. The van der Waals surface area contributed by atoms with Gasteiger partial charge < -0.3 is 10.2 Å². The molecule has 2 fully saturated rings. The number of rotatable bonds is 4. The van der Waals surface area contributed by atoms with E-state index in [-0.39, 0.29) is 34.5 Å². The Morgan fingerprint density at radius 1 is 1.09 bits per heavy atom. The molecule has 1 saturated heterocycles. The normalized spacial score (nSPS) is 17.2. The summed E-state index contributed by atoms with van der Waals surface area (Å²) in [6.45, 7) is 3.08. The monoisotopic (exact) mass is 473 g/mol.